The number of hydrogen-bond donors (Lipinski definition) is 2. The largest absolute Gasteiger partial charge is 0.455 e. The summed E-state index contributed by atoms with van der Waals surface area (Å²) in [5, 5.41) is 2.69. The van der Waals surface area contributed by atoms with Crippen LogP contribution in [-0.4, -0.2) is 16.7 Å². The first-order valence-electron chi connectivity index (χ1n) is 6.74. The topological polar surface area (TPSA) is 98.2 Å². The summed E-state index contributed by atoms with van der Waals surface area (Å²) in [5.41, 5.74) is 7.20. The predicted molar refractivity (Wildman–Crippen MR) is 77.3 cm³/mol. The standard InChI is InChI=1S/C15H15N3O3/c1-8-13-10(19)3-2-4-11(13)21-14(8)15(20)18-9-5-6-12(16)17-7-9/h5-7H,2-4H2,1H3,(H2,16,17)(H,18,20). The van der Waals surface area contributed by atoms with Crippen LogP contribution in [0.15, 0.2) is 22.7 Å². The number of aryl methyl sites for hydroxylation is 1. The Hall–Kier alpha value is -2.63. The van der Waals surface area contributed by atoms with Crippen molar-refractivity contribution in [2.24, 2.45) is 0 Å². The van der Waals surface area contributed by atoms with Crippen LogP contribution in [0.5, 0.6) is 0 Å². The van der Waals surface area contributed by atoms with E-state index in [1.807, 2.05) is 0 Å². The van der Waals surface area contributed by atoms with Crippen LogP contribution >= 0.6 is 0 Å². The van der Waals surface area contributed by atoms with Crippen molar-refractivity contribution in [1.29, 1.82) is 0 Å². The van der Waals surface area contributed by atoms with E-state index in [-0.39, 0.29) is 17.5 Å². The number of rotatable bonds is 2. The number of fused-ring (bicyclic) bond motifs is 1. The maximum Gasteiger partial charge on any atom is 0.291 e. The van der Waals surface area contributed by atoms with Gasteiger partial charge in [-0.3, -0.25) is 9.59 Å². The SMILES string of the molecule is Cc1c(C(=O)Nc2ccc(N)nc2)oc2c1C(=O)CCC2. The third-order valence-corrected chi connectivity index (χ3v) is 3.56. The number of nitrogens with one attached hydrogen (secondary N) is 1. The Balaban J connectivity index is 1.88. The summed E-state index contributed by atoms with van der Waals surface area (Å²) in [7, 11) is 0. The van der Waals surface area contributed by atoms with Gasteiger partial charge in [0.15, 0.2) is 11.5 Å². The Morgan fingerprint density at radius 2 is 2.19 bits per heavy atom. The zero-order valence-corrected chi connectivity index (χ0v) is 11.6. The summed E-state index contributed by atoms with van der Waals surface area (Å²) >= 11 is 0. The highest BCUT2D eigenvalue weighted by atomic mass is 16.4. The molecule has 21 heavy (non-hydrogen) atoms. The van der Waals surface area contributed by atoms with E-state index in [1.165, 1.54) is 6.20 Å². The van der Waals surface area contributed by atoms with Crippen molar-refractivity contribution < 1.29 is 14.0 Å². The lowest BCUT2D eigenvalue weighted by atomic mass is 9.94. The molecule has 0 bridgehead atoms. The molecular formula is C15H15N3O3. The van der Waals surface area contributed by atoms with Gasteiger partial charge in [0.1, 0.15) is 11.6 Å². The van der Waals surface area contributed by atoms with Gasteiger partial charge >= 0.3 is 0 Å². The van der Waals surface area contributed by atoms with Crippen molar-refractivity contribution in [2.45, 2.75) is 26.2 Å². The zero-order valence-electron chi connectivity index (χ0n) is 11.6. The van der Waals surface area contributed by atoms with Crippen molar-refractivity contribution in [1.82, 2.24) is 4.98 Å². The lowest BCUT2D eigenvalue weighted by Crippen LogP contribution is -2.13. The molecule has 1 aliphatic rings. The fourth-order valence-corrected chi connectivity index (χ4v) is 2.53. The van der Waals surface area contributed by atoms with Crippen molar-refractivity contribution in [3.63, 3.8) is 0 Å². The van der Waals surface area contributed by atoms with Crippen LogP contribution < -0.4 is 11.1 Å². The molecule has 3 N–H and O–H groups in total. The van der Waals surface area contributed by atoms with Gasteiger partial charge in [-0.2, -0.15) is 0 Å². The second-order valence-corrected chi connectivity index (χ2v) is 5.06. The Labute approximate surface area is 121 Å². The van der Waals surface area contributed by atoms with Crippen molar-refractivity contribution in [3.8, 4) is 0 Å². The van der Waals surface area contributed by atoms with E-state index in [0.29, 0.717) is 41.2 Å². The molecule has 0 fully saturated rings. The van der Waals surface area contributed by atoms with E-state index in [4.69, 9.17) is 10.2 Å². The summed E-state index contributed by atoms with van der Waals surface area (Å²) in [6.07, 6.45) is 3.44. The van der Waals surface area contributed by atoms with Gasteiger partial charge in [-0.1, -0.05) is 0 Å². The smallest absolute Gasteiger partial charge is 0.291 e. The molecule has 2 aromatic rings. The van der Waals surface area contributed by atoms with Gasteiger partial charge in [0.2, 0.25) is 0 Å². The van der Waals surface area contributed by atoms with E-state index >= 15 is 0 Å². The molecule has 0 saturated heterocycles. The van der Waals surface area contributed by atoms with Gasteiger partial charge in [-0.25, -0.2) is 4.98 Å². The molecule has 0 spiro atoms. The number of Topliss-reactive ketones (excluding diaryl/α,β-unsaturated/α-hetero) is 1. The number of carbonyl (C=O) groups excluding carboxylic acids is 2. The Kier molecular flexibility index (Phi) is 3.21. The zero-order chi connectivity index (χ0) is 15.0. The lowest BCUT2D eigenvalue weighted by Gasteiger charge is -2.07. The fraction of sp³-hybridized carbons (Fsp3) is 0.267. The summed E-state index contributed by atoms with van der Waals surface area (Å²) in [6.45, 7) is 1.74. The molecule has 2 heterocycles. The number of ketones is 1. The van der Waals surface area contributed by atoms with E-state index in [2.05, 4.69) is 10.3 Å². The van der Waals surface area contributed by atoms with Crippen LogP contribution in [-0.2, 0) is 6.42 Å². The lowest BCUT2D eigenvalue weighted by molar-refractivity contribution is 0.0963. The van der Waals surface area contributed by atoms with E-state index in [1.54, 1.807) is 19.1 Å². The van der Waals surface area contributed by atoms with Gasteiger partial charge in [-0.05, 0) is 25.5 Å². The van der Waals surface area contributed by atoms with Crippen LogP contribution in [0.3, 0.4) is 0 Å². The minimum Gasteiger partial charge on any atom is -0.455 e. The third-order valence-electron chi connectivity index (χ3n) is 3.56. The molecule has 1 aliphatic carbocycles. The molecule has 2 aromatic heterocycles. The van der Waals surface area contributed by atoms with Crippen molar-refractivity contribution in [3.05, 3.63) is 41.0 Å². The molecule has 3 rings (SSSR count). The minimum atomic E-state index is -0.388. The first-order valence-corrected chi connectivity index (χ1v) is 6.74. The minimum absolute atomic E-state index is 0.0469. The van der Waals surface area contributed by atoms with E-state index in [0.717, 1.165) is 6.42 Å². The third kappa shape index (κ3) is 2.40. The number of nitrogen functional groups attached to an aromatic ring is 1. The normalized spacial score (nSPS) is 13.9. The van der Waals surface area contributed by atoms with Crippen LogP contribution in [0.25, 0.3) is 0 Å². The second-order valence-electron chi connectivity index (χ2n) is 5.06. The van der Waals surface area contributed by atoms with Crippen LogP contribution in [0.1, 0.15) is 45.1 Å². The Morgan fingerprint density at radius 1 is 1.38 bits per heavy atom. The summed E-state index contributed by atoms with van der Waals surface area (Å²) < 4.78 is 5.59. The summed E-state index contributed by atoms with van der Waals surface area (Å²) in [4.78, 5) is 28.1. The van der Waals surface area contributed by atoms with Crippen LogP contribution in [0, 0.1) is 6.92 Å². The predicted octanol–water partition coefficient (Wildman–Crippen LogP) is 2.34. The number of hydrogen-bond acceptors (Lipinski definition) is 5. The fourth-order valence-electron chi connectivity index (χ4n) is 2.53. The molecule has 6 heteroatoms. The molecule has 1 amide bonds. The number of pyridine rings is 1. The Bertz CT molecular complexity index is 717. The van der Waals surface area contributed by atoms with Crippen molar-refractivity contribution in [2.75, 3.05) is 11.1 Å². The number of nitrogens with zero attached hydrogens (tertiary/aromatic N) is 1. The highest BCUT2D eigenvalue weighted by Crippen LogP contribution is 2.29. The molecule has 108 valence electrons. The first kappa shape index (κ1) is 13.4. The number of furan rings is 1. The Morgan fingerprint density at radius 3 is 2.86 bits per heavy atom. The number of nitrogens with two attached hydrogens (primary N) is 1. The van der Waals surface area contributed by atoms with Gasteiger partial charge < -0.3 is 15.5 Å². The maximum absolute atomic E-state index is 12.3. The number of aromatic nitrogens is 1. The van der Waals surface area contributed by atoms with E-state index < -0.39 is 0 Å². The monoisotopic (exact) mass is 285 g/mol. The number of amides is 1. The van der Waals surface area contributed by atoms with Gasteiger partial charge in [0, 0.05) is 18.4 Å². The molecule has 0 atom stereocenters. The molecular weight excluding hydrogens is 270 g/mol. The second kappa shape index (κ2) is 5.05. The van der Waals surface area contributed by atoms with Crippen molar-refractivity contribution >= 4 is 23.2 Å². The first-order chi connectivity index (χ1) is 10.1. The number of anilines is 2. The summed E-state index contributed by atoms with van der Waals surface area (Å²) in [5.74, 6) is 0.839. The molecule has 0 radical (unpaired) electrons. The highest BCUT2D eigenvalue weighted by molar-refractivity contribution is 6.07. The molecule has 0 unspecified atom stereocenters. The van der Waals surface area contributed by atoms with Crippen LogP contribution in [0.4, 0.5) is 11.5 Å². The van der Waals surface area contributed by atoms with Crippen LogP contribution in [0.2, 0.25) is 0 Å². The van der Waals surface area contributed by atoms with Gasteiger partial charge in [-0.15, -0.1) is 0 Å². The molecule has 0 saturated carbocycles. The molecule has 0 aromatic carbocycles. The molecule has 6 nitrogen and oxygen atoms in total. The average Bonchev–Trinajstić information content (AvgIpc) is 2.80. The number of carbonyl (C=O) groups is 2. The average molecular weight is 285 g/mol. The van der Waals surface area contributed by atoms with E-state index in [9.17, 15) is 9.59 Å². The molecule has 0 aliphatic heterocycles. The maximum atomic E-state index is 12.3. The highest BCUT2D eigenvalue weighted by Gasteiger charge is 2.28. The quantitative estimate of drug-likeness (QED) is 0.882. The summed E-state index contributed by atoms with van der Waals surface area (Å²) in [6, 6.07) is 3.25. The van der Waals surface area contributed by atoms with Gasteiger partial charge in [0.25, 0.3) is 5.91 Å². The van der Waals surface area contributed by atoms with Gasteiger partial charge in [0.05, 0.1) is 17.4 Å².